The largest absolute Gasteiger partial charge is 0.446 e. The number of ketones is 1. The Balaban J connectivity index is 1.78. The fraction of sp³-hybridized carbons (Fsp3) is 0.600. The van der Waals surface area contributed by atoms with Crippen molar-refractivity contribution in [3.05, 3.63) is 47.0 Å². The Morgan fingerprint density at radius 2 is 2.00 bits per heavy atom. The first-order valence-electron chi connectivity index (χ1n) is 11.1. The summed E-state index contributed by atoms with van der Waals surface area (Å²) < 4.78 is 7.25. The van der Waals surface area contributed by atoms with Crippen LogP contribution in [0.3, 0.4) is 0 Å². The van der Waals surface area contributed by atoms with E-state index in [1.807, 2.05) is 0 Å². The van der Waals surface area contributed by atoms with E-state index in [0.717, 1.165) is 23.7 Å². The van der Waals surface area contributed by atoms with Crippen molar-refractivity contribution in [1.82, 2.24) is 4.90 Å². The standard InChI is InChI=1S/C25H34BrNO3/c1-5-6-20-16-21(28)13-14-27(20)24(29)30-23-15-17(2)7-12-22(23)25(3,4)18-8-10-19(26)11-9-18/h5,8-11,17,20,22-23H,1,6-7,12-16H2,2-4H3/t17-,20-,22-,23-/m1/s1. The van der Waals surface area contributed by atoms with Crippen LogP contribution in [-0.2, 0) is 14.9 Å². The van der Waals surface area contributed by atoms with Crippen molar-refractivity contribution in [2.45, 2.75) is 76.9 Å². The molecule has 1 saturated heterocycles. The minimum Gasteiger partial charge on any atom is -0.446 e. The van der Waals surface area contributed by atoms with Crippen molar-refractivity contribution in [2.24, 2.45) is 11.8 Å². The molecule has 1 saturated carbocycles. The molecule has 164 valence electrons. The third-order valence-corrected chi connectivity index (χ3v) is 7.56. The van der Waals surface area contributed by atoms with Gasteiger partial charge in [0, 0.05) is 35.8 Å². The van der Waals surface area contributed by atoms with Crippen LogP contribution in [0.2, 0.25) is 0 Å². The number of rotatable bonds is 5. The molecule has 1 amide bonds. The Bertz CT molecular complexity index is 773. The number of halogens is 1. The molecule has 1 heterocycles. The summed E-state index contributed by atoms with van der Waals surface area (Å²) in [5, 5.41) is 0. The highest BCUT2D eigenvalue weighted by Crippen LogP contribution is 2.44. The van der Waals surface area contributed by atoms with Gasteiger partial charge in [-0.3, -0.25) is 4.79 Å². The van der Waals surface area contributed by atoms with Gasteiger partial charge in [0.25, 0.3) is 0 Å². The van der Waals surface area contributed by atoms with Crippen LogP contribution in [-0.4, -0.2) is 35.5 Å². The van der Waals surface area contributed by atoms with Gasteiger partial charge in [-0.15, -0.1) is 6.58 Å². The first kappa shape index (κ1) is 23.1. The number of carbonyl (C=O) groups is 2. The second-order valence-corrected chi connectivity index (χ2v) is 10.5. The zero-order chi connectivity index (χ0) is 21.9. The van der Waals surface area contributed by atoms with Crippen molar-refractivity contribution in [3.8, 4) is 0 Å². The molecule has 1 aliphatic heterocycles. The summed E-state index contributed by atoms with van der Waals surface area (Å²) in [6.07, 6.45) is 5.89. The quantitative estimate of drug-likeness (QED) is 0.470. The highest BCUT2D eigenvalue weighted by molar-refractivity contribution is 9.10. The van der Waals surface area contributed by atoms with Gasteiger partial charge < -0.3 is 9.64 Å². The third kappa shape index (κ3) is 5.16. The average Bonchev–Trinajstić information content (AvgIpc) is 2.68. The lowest BCUT2D eigenvalue weighted by Gasteiger charge is -2.45. The second kappa shape index (κ2) is 9.67. The van der Waals surface area contributed by atoms with E-state index in [-0.39, 0.29) is 35.4 Å². The highest BCUT2D eigenvalue weighted by Gasteiger charge is 2.43. The Morgan fingerprint density at radius 3 is 2.67 bits per heavy atom. The summed E-state index contributed by atoms with van der Waals surface area (Å²) in [4.78, 5) is 26.8. The summed E-state index contributed by atoms with van der Waals surface area (Å²) in [6, 6.07) is 8.35. The molecule has 5 heteroatoms. The maximum atomic E-state index is 13.2. The van der Waals surface area contributed by atoms with E-state index in [4.69, 9.17) is 4.74 Å². The van der Waals surface area contributed by atoms with Gasteiger partial charge in [0.1, 0.15) is 11.9 Å². The van der Waals surface area contributed by atoms with E-state index < -0.39 is 0 Å². The monoisotopic (exact) mass is 475 g/mol. The molecule has 1 aromatic carbocycles. The van der Waals surface area contributed by atoms with Gasteiger partial charge in [-0.25, -0.2) is 4.79 Å². The van der Waals surface area contributed by atoms with E-state index in [1.54, 1.807) is 11.0 Å². The number of amides is 1. The Hall–Kier alpha value is -1.62. The number of benzene rings is 1. The average molecular weight is 476 g/mol. The van der Waals surface area contributed by atoms with Crippen LogP contribution in [0.15, 0.2) is 41.4 Å². The van der Waals surface area contributed by atoms with Crippen LogP contribution in [0, 0.1) is 11.8 Å². The molecule has 3 rings (SSSR count). The number of hydrogen-bond donors (Lipinski definition) is 0. The summed E-state index contributed by atoms with van der Waals surface area (Å²) in [5.74, 6) is 1.00. The molecule has 4 atom stereocenters. The Labute approximate surface area is 189 Å². The normalized spacial score (nSPS) is 27.6. The maximum Gasteiger partial charge on any atom is 0.410 e. The molecule has 4 nitrogen and oxygen atoms in total. The minimum atomic E-state index is -0.273. The molecule has 0 bridgehead atoms. The van der Waals surface area contributed by atoms with Gasteiger partial charge in [0.2, 0.25) is 0 Å². The first-order valence-corrected chi connectivity index (χ1v) is 11.9. The minimum absolute atomic E-state index is 0.107. The number of ether oxygens (including phenoxy) is 1. The molecule has 0 unspecified atom stereocenters. The second-order valence-electron chi connectivity index (χ2n) is 9.54. The smallest absolute Gasteiger partial charge is 0.410 e. The van der Waals surface area contributed by atoms with Gasteiger partial charge in [-0.1, -0.05) is 61.3 Å². The van der Waals surface area contributed by atoms with Crippen LogP contribution in [0.1, 0.15) is 64.9 Å². The first-order chi connectivity index (χ1) is 14.2. The van der Waals surface area contributed by atoms with Gasteiger partial charge in [-0.2, -0.15) is 0 Å². The Morgan fingerprint density at radius 1 is 1.30 bits per heavy atom. The van der Waals surface area contributed by atoms with Crippen LogP contribution < -0.4 is 0 Å². The zero-order valence-corrected chi connectivity index (χ0v) is 20.0. The number of carbonyl (C=O) groups excluding carboxylic acids is 2. The lowest BCUT2D eigenvalue weighted by atomic mass is 9.64. The SMILES string of the molecule is C=CC[C@@H]1CC(=O)CCN1C(=O)O[C@@H]1C[C@H](C)CC[C@H]1C(C)(C)c1ccc(Br)cc1. The highest BCUT2D eigenvalue weighted by atomic mass is 79.9. The van der Waals surface area contributed by atoms with E-state index in [2.05, 4.69) is 67.5 Å². The molecule has 2 fully saturated rings. The van der Waals surface area contributed by atoms with Crippen LogP contribution in [0.5, 0.6) is 0 Å². The molecule has 1 aromatic rings. The molecule has 0 spiro atoms. The molecule has 30 heavy (non-hydrogen) atoms. The molecular weight excluding hydrogens is 442 g/mol. The summed E-state index contributed by atoms with van der Waals surface area (Å²) in [5.41, 5.74) is 1.16. The van der Waals surface area contributed by atoms with Gasteiger partial charge >= 0.3 is 6.09 Å². The van der Waals surface area contributed by atoms with E-state index in [1.165, 1.54) is 5.56 Å². The number of piperidine rings is 1. The number of hydrogen-bond acceptors (Lipinski definition) is 3. The van der Waals surface area contributed by atoms with Crippen LogP contribution in [0.4, 0.5) is 4.79 Å². The van der Waals surface area contributed by atoms with Crippen LogP contribution in [0.25, 0.3) is 0 Å². The van der Waals surface area contributed by atoms with Crippen molar-refractivity contribution in [3.63, 3.8) is 0 Å². The van der Waals surface area contributed by atoms with E-state index >= 15 is 0 Å². The van der Waals surface area contributed by atoms with E-state index in [0.29, 0.717) is 31.7 Å². The molecule has 0 radical (unpaired) electrons. The fourth-order valence-corrected chi connectivity index (χ4v) is 5.39. The molecular formula is C25H34BrNO3. The lowest BCUT2D eigenvalue weighted by molar-refractivity contribution is -0.122. The summed E-state index contributed by atoms with van der Waals surface area (Å²) in [7, 11) is 0. The van der Waals surface area contributed by atoms with Crippen molar-refractivity contribution >= 4 is 27.8 Å². The fourth-order valence-electron chi connectivity index (χ4n) is 5.12. The number of nitrogens with zero attached hydrogens (tertiary/aromatic N) is 1. The van der Waals surface area contributed by atoms with Crippen molar-refractivity contribution in [2.75, 3.05) is 6.54 Å². The molecule has 1 aliphatic carbocycles. The van der Waals surface area contributed by atoms with Gasteiger partial charge in [0.15, 0.2) is 0 Å². The molecule has 0 aromatic heterocycles. The van der Waals surface area contributed by atoms with Crippen molar-refractivity contribution in [1.29, 1.82) is 0 Å². The number of likely N-dealkylation sites (tertiary alicyclic amines) is 1. The predicted octanol–water partition coefficient (Wildman–Crippen LogP) is 6.28. The number of Topliss-reactive ketones (excluding diaryl/α,β-unsaturated/α-hetero) is 1. The lowest BCUT2D eigenvalue weighted by Crippen LogP contribution is -2.50. The van der Waals surface area contributed by atoms with Gasteiger partial charge in [-0.05, 0) is 48.3 Å². The topological polar surface area (TPSA) is 46.6 Å². The summed E-state index contributed by atoms with van der Waals surface area (Å²) in [6.45, 7) is 11.0. The summed E-state index contributed by atoms with van der Waals surface area (Å²) >= 11 is 3.52. The zero-order valence-electron chi connectivity index (χ0n) is 18.4. The molecule has 2 aliphatic rings. The maximum absolute atomic E-state index is 13.2. The van der Waals surface area contributed by atoms with Crippen molar-refractivity contribution < 1.29 is 14.3 Å². The third-order valence-electron chi connectivity index (χ3n) is 7.03. The predicted molar refractivity (Wildman–Crippen MR) is 123 cm³/mol. The van der Waals surface area contributed by atoms with E-state index in [9.17, 15) is 9.59 Å². The Kier molecular flexibility index (Phi) is 7.43. The van der Waals surface area contributed by atoms with Crippen LogP contribution >= 0.6 is 15.9 Å². The molecule has 0 N–H and O–H groups in total. The van der Waals surface area contributed by atoms with Gasteiger partial charge in [0.05, 0.1) is 0 Å².